The van der Waals surface area contributed by atoms with E-state index in [1.165, 1.54) is 7.11 Å². The maximum atomic E-state index is 13.5. The molecular weight excluding hydrogens is 493 g/mol. The van der Waals surface area contributed by atoms with Gasteiger partial charge in [-0.2, -0.15) is 21.6 Å². The van der Waals surface area contributed by atoms with Crippen molar-refractivity contribution in [3.05, 3.63) is 17.7 Å². The van der Waals surface area contributed by atoms with E-state index in [1.54, 1.807) is 0 Å². The third-order valence-corrected chi connectivity index (χ3v) is 11.6. The molecule has 0 spiro atoms. The largest absolute Gasteiger partial charge is 0.534 e. The molecule has 1 heterocycles. The lowest BCUT2D eigenvalue weighted by atomic mass is 9.43. The molecule has 1 aliphatic heterocycles. The van der Waals surface area contributed by atoms with Gasteiger partial charge in [0.05, 0.1) is 17.8 Å². The lowest BCUT2D eigenvalue weighted by molar-refractivity contribution is -0.0984. The van der Waals surface area contributed by atoms with Crippen LogP contribution < -0.4 is 8.92 Å². The van der Waals surface area contributed by atoms with Crippen molar-refractivity contribution in [2.24, 2.45) is 22.7 Å². The van der Waals surface area contributed by atoms with Crippen LogP contribution in [0.2, 0.25) is 0 Å². The summed E-state index contributed by atoms with van der Waals surface area (Å²) in [6.07, 6.45) is 4.57. The van der Waals surface area contributed by atoms with Gasteiger partial charge in [0.15, 0.2) is 9.84 Å². The fourth-order valence-corrected chi connectivity index (χ4v) is 10.1. The molecule has 4 rings (SSSR count). The number of rotatable bonds is 3. The fraction of sp³-hybridized carbons (Fsp3) is 0.739. The van der Waals surface area contributed by atoms with Crippen LogP contribution in [-0.2, 0) is 25.4 Å². The van der Waals surface area contributed by atoms with Gasteiger partial charge in [-0.3, -0.25) is 0 Å². The van der Waals surface area contributed by atoms with E-state index in [1.807, 2.05) is 6.92 Å². The molecule has 1 aromatic rings. The second kappa shape index (κ2) is 7.51. The first-order chi connectivity index (χ1) is 15.4. The molecule has 11 heteroatoms. The summed E-state index contributed by atoms with van der Waals surface area (Å²) >= 11 is 0. The van der Waals surface area contributed by atoms with Crippen molar-refractivity contribution in [1.82, 2.24) is 0 Å². The van der Waals surface area contributed by atoms with Gasteiger partial charge in [0, 0.05) is 23.1 Å². The summed E-state index contributed by atoms with van der Waals surface area (Å²) < 4.78 is 98.6. The van der Waals surface area contributed by atoms with Crippen molar-refractivity contribution in [1.29, 1.82) is 0 Å². The quantitative estimate of drug-likeness (QED) is 0.399. The molecule has 0 N–H and O–H groups in total. The Hall–Kier alpha value is -1.49. The van der Waals surface area contributed by atoms with Crippen molar-refractivity contribution in [3.8, 4) is 11.5 Å². The van der Waals surface area contributed by atoms with Gasteiger partial charge in [-0.1, -0.05) is 34.1 Å². The van der Waals surface area contributed by atoms with Gasteiger partial charge in [-0.25, -0.2) is 8.42 Å². The molecule has 192 valence electrons. The minimum absolute atomic E-state index is 0.0257. The summed E-state index contributed by atoms with van der Waals surface area (Å²) in [5.74, 6) is -0.738. The Balaban J connectivity index is 1.90. The fourth-order valence-electron chi connectivity index (χ4n) is 7.39. The number of methoxy groups -OCH3 is 1. The number of hydrogen-bond acceptors (Lipinski definition) is 6. The molecule has 2 aliphatic carbocycles. The maximum Gasteiger partial charge on any atom is 0.534 e. The molecule has 0 amide bonds. The Morgan fingerprint density at radius 1 is 1.03 bits per heavy atom. The van der Waals surface area contributed by atoms with Crippen LogP contribution in [0, 0.1) is 22.7 Å². The Bertz CT molecular complexity index is 1220. The predicted octanol–water partition coefficient (Wildman–Crippen LogP) is 5.21. The number of benzene rings is 1. The molecule has 3 aliphatic rings. The number of ether oxygens (including phenoxy) is 1. The molecule has 6 nitrogen and oxygen atoms in total. The Labute approximate surface area is 199 Å². The van der Waals surface area contributed by atoms with Gasteiger partial charge >= 0.3 is 15.6 Å². The molecule has 2 saturated carbocycles. The van der Waals surface area contributed by atoms with Crippen molar-refractivity contribution >= 4 is 20.0 Å². The van der Waals surface area contributed by atoms with E-state index >= 15 is 0 Å². The molecule has 2 fully saturated rings. The van der Waals surface area contributed by atoms with E-state index in [-0.39, 0.29) is 33.1 Å². The number of hydrogen-bond donors (Lipinski definition) is 0. The average Bonchev–Trinajstić information content (AvgIpc) is 2.67. The van der Waals surface area contributed by atoms with Crippen LogP contribution in [-0.4, -0.2) is 35.2 Å². The standard InChI is InChI=1S/C23H31F3O6S2/c1-20(2)8-6-9-21(3)17(20)7-10-22(4)18(21)13-33(27,28)16-12-14(11-15(31-5)19(16)22)32-34(29,30)23(24,25)26/h11-12,17-18H,6-10,13H2,1-5H3/t17-,18+,21-,22+/m0/s1. The normalized spacial score (nSPS) is 34.4. The molecule has 1 aromatic carbocycles. The molecular formula is C23H31F3O6S2. The van der Waals surface area contributed by atoms with Crippen LogP contribution in [0.25, 0.3) is 0 Å². The molecule has 0 unspecified atom stereocenters. The van der Waals surface area contributed by atoms with E-state index in [0.29, 0.717) is 17.9 Å². The smallest absolute Gasteiger partial charge is 0.496 e. The first-order valence-electron chi connectivity index (χ1n) is 11.4. The van der Waals surface area contributed by atoms with Gasteiger partial charge in [0.1, 0.15) is 11.5 Å². The SMILES string of the molecule is COc1cc(OS(=O)(=O)C(F)(F)F)cc2c1[C@]1(C)CC[C@H]3C(C)(C)CCC[C@]3(C)[C@H]1CS2(=O)=O. The highest BCUT2D eigenvalue weighted by molar-refractivity contribution is 7.91. The van der Waals surface area contributed by atoms with Crippen LogP contribution in [0.5, 0.6) is 11.5 Å². The van der Waals surface area contributed by atoms with E-state index in [2.05, 4.69) is 25.0 Å². The van der Waals surface area contributed by atoms with Gasteiger partial charge in [0.2, 0.25) is 0 Å². The van der Waals surface area contributed by atoms with Crippen molar-refractivity contribution in [2.75, 3.05) is 12.9 Å². The summed E-state index contributed by atoms with van der Waals surface area (Å²) in [6, 6.07) is 1.95. The van der Waals surface area contributed by atoms with E-state index in [0.717, 1.165) is 37.8 Å². The second-order valence-corrected chi connectivity index (χ2v) is 14.7. The lowest BCUT2D eigenvalue weighted by Gasteiger charge is -2.63. The summed E-state index contributed by atoms with van der Waals surface area (Å²) in [7, 11) is -8.64. The molecule has 4 atom stereocenters. The monoisotopic (exact) mass is 524 g/mol. The number of fused-ring (bicyclic) bond motifs is 5. The predicted molar refractivity (Wildman–Crippen MR) is 120 cm³/mol. The van der Waals surface area contributed by atoms with E-state index in [4.69, 9.17) is 4.74 Å². The van der Waals surface area contributed by atoms with E-state index < -0.39 is 36.6 Å². The Morgan fingerprint density at radius 2 is 1.68 bits per heavy atom. The first-order valence-corrected chi connectivity index (χ1v) is 14.4. The molecule has 0 radical (unpaired) electrons. The lowest BCUT2D eigenvalue weighted by Crippen LogP contribution is -2.59. The zero-order chi connectivity index (χ0) is 25.5. The van der Waals surface area contributed by atoms with Gasteiger partial charge in [-0.15, -0.1) is 0 Å². The highest BCUT2D eigenvalue weighted by atomic mass is 32.2. The zero-order valence-corrected chi connectivity index (χ0v) is 21.6. The van der Waals surface area contributed by atoms with Gasteiger partial charge in [0.25, 0.3) is 0 Å². The van der Waals surface area contributed by atoms with Crippen molar-refractivity contribution < 1.29 is 38.9 Å². The first kappa shape index (κ1) is 25.6. The van der Waals surface area contributed by atoms with Crippen molar-refractivity contribution in [3.63, 3.8) is 0 Å². The molecule has 0 bridgehead atoms. The summed E-state index contributed by atoms with van der Waals surface area (Å²) in [5, 5.41) is 0. The third kappa shape index (κ3) is 3.63. The summed E-state index contributed by atoms with van der Waals surface area (Å²) in [4.78, 5) is -0.213. The van der Waals surface area contributed by atoms with E-state index in [9.17, 15) is 30.0 Å². The van der Waals surface area contributed by atoms with Crippen LogP contribution in [0.4, 0.5) is 13.2 Å². The molecule has 34 heavy (non-hydrogen) atoms. The van der Waals surface area contributed by atoms with Crippen LogP contribution in [0.3, 0.4) is 0 Å². The Kier molecular flexibility index (Phi) is 5.65. The highest BCUT2D eigenvalue weighted by Crippen LogP contribution is 2.67. The zero-order valence-electron chi connectivity index (χ0n) is 20.0. The summed E-state index contributed by atoms with van der Waals surface area (Å²) in [5.41, 5.74) is -6.00. The number of sulfone groups is 1. The highest BCUT2D eigenvalue weighted by Gasteiger charge is 2.62. The van der Waals surface area contributed by atoms with Crippen molar-refractivity contribution in [2.45, 2.75) is 75.6 Å². The maximum absolute atomic E-state index is 13.5. The summed E-state index contributed by atoms with van der Waals surface area (Å²) in [6.45, 7) is 8.67. The third-order valence-electron chi connectivity index (χ3n) is 8.83. The second-order valence-electron chi connectivity index (χ2n) is 11.2. The minimum Gasteiger partial charge on any atom is -0.496 e. The van der Waals surface area contributed by atoms with Crippen LogP contribution >= 0.6 is 0 Å². The topological polar surface area (TPSA) is 86.7 Å². The van der Waals surface area contributed by atoms with Gasteiger partial charge in [-0.05, 0) is 48.3 Å². The molecule has 0 saturated heterocycles. The van der Waals surface area contributed by atoms with Gasteiger partial charge < -0.3 is 8.92 Å². The van der Waals surface area contributed by atoms with Crippen LogP contribution in [0.15, 0.2) is 17.0 Å². The number of halogens is 3. The Morgan fingerprint density at radius 3 is 2.26 bits per heavy atom. The molecule has 0 aromatic heterocycles. The van der Waals surface area contributed by atoms with Crippen LogP contribution in [0.1, 0.15) is 65.4 Å². The number of alkyl halides is 3. The minimum atomic E-state index is -5.97. The average molecular weight is 525 g/mol.